The van der Waals surface area contributed by atoms with Gasteiger partial charge < -0.3 is 5.32 Å². The number of fused-ring (bicyclic) bond motifs is 2. The van der Waals surface area contributed by atoms with Crippen LogP contribution in [0.3, 0.4) is 0 Å². The van der Waals surface area contributed by atoms with E-state index in [9.17, 15) is 9.59 Å². The Kier molecular flexibility index (Phi) is 4.65. The highest BCUT2D eigenvalue weighted by atomic mass is 16.2. The third-order valence-corrected chi connectivity index (χ3v) is 5.02. The number of aryl methyl sites for hydroxylation is 1. The third kappa shape index (κ3) is 3.39. The lowest BCUT2D eigenvalue weighted by molar-refractivity contribution is -0.122. The number of rotatable bonds is 4. The summed E-state index contributed by atoms with van der Waals surface area (Å²) < 4.78 is 1.35. The molecular weight excluding hydrogens is 350 g/mol. The molecule has 1 amide bonds. The molecule has 5 nitrogen and oxygen atoms in total. The van der Waals surface area contributed by atoms with E-state index in [1.807, 2.05) is 50.2 Å². The van der Waals surface area contributed by atoms with Crippen LogP contribution in [0.4, 0.5) is 0 Å². The molecule has 0 saturated heterocycles. The molecule has 5 heteroatoms. The topological polar surface area (TPSA) is 64.0 Å². The van der Waals surface area contributed by atoms with E-state index in [1.54, 1.807) is 6.07 Å². The number of hydrogen-bond donors (Lipinski definition) is 1. The van der Waals surface area contributed by atoms with Crippen LogP contribution < -0.4 is 10.9 Å². The molecule has 1 unspecified atom stereocenters. The average molecular weight is 371 g/mol. The summed E-state index contributed by atoms with van der Waals surface area (Å²) in [4.78, 5) is 29.5. The Balaban J connectivity index is 1.53. The Morgan fingerprint density at radius 2 is 1.86 bits per heavy atom. The second kappa shape index (κ2) is 7.27. The highest BCUT2D eigenvalue weighted by Gasteiger charge is 2.13. The zero-order valence-corrected chi connectivity index (χ0v) is 15.8. The number of benzene rings is 3. The average Bonchev–Trinajstić information content (AvgIpc) is 2.70. The number of amides is 1. The fraction of sp³-hybridized carbons (Fsp3) is 0.174. The van der Waals surface area contributed by atoms with Crippen LogP contribution in [0.25, 0.3) is 21.7 Å². The second-order valence-electron chi connectivity index (χ2n) is 7.04. The number of hydrogen-bond acceptors (Lipinski definition) is 3. The Hall–Kier alpha value is -3.47. The molecule has 0 aliphatic carbocycles. The van der Waals surface area contributed by atoms with Crippen molar-refractivity contribution in [3.05, 3.63) is 88.5 Å². The van der Waals surface area contributed by atoms with Crippen molar-refractivity contribution in [2.75, 3.05) is 0 Å². The Morgan fingerprint density at radius 3 is 2.68 bits per heavy atom. The maximum Gasteiger partial charge on any atom is 0.261 e. The standard InChI is InChI=1S/C23H21N3O2/c1-15-6-5-9-20-22(15)24-14-26(23(20)28)13-21(27)25-16(2)18-11-10-17-7-3-4-8-19(17)12-18/h3-12,14,16H,13H2,1-2H3,(H,25,27). The number of carbonyl (C=O) groups excluding carboxylic acids is 1. The first-order valence-electron chi connectivity index (χ1n) is 9.26. The molecule has 3 aromatic carbocycles. The van der Waals surface area contributed by atoms with E-state index in [1.165, 1.54) is 10.9 Å². The molecule has 1 atom stereocenters. The summed E-state index contributed by atoms with van der Waals surface area (Å²) >= 11 is 0. The third-order valence-electron chi connectivity index (χ3n) is 5.02. The molecule has 0 radical (unpaired) electrons. The van der Waals surface area contributed by atoms with Gasteiger partial charge in [-0.25, -0.2) is 4.98 Å². The lowest BCUT2D eigenvalue weighted by Gasteiger charge is -2.16. The lowest BCUT2D eigenvalue weighted by atomic mass is 10.0. The van der Waals surface area contributed by atoms with Crippen molar-refractivity contribution >= 4 is 27.6 Å². The van der Waals surface area contributed by atoms with Crippen LogP contribution >= 0.6 is 0 Å². The molecule has 4 rings (SSSR count). The first-order valence-corrected chi connectivity index (χ1v) is 9.26. The summed E-state index contributed by atoms with van der Waals surface area (Å²) in [6.07, 6.45) is 1.44. The number of carbonyl (C=O) groups is 1. The molecule has 28 heavy (non-hydrogen) atoms. The van der Waals surface area contributed by atoms with Gasteiger partial charge in [-0.2, -0.15) is 0 Å². The van der Waals surface area contributed by atoms with Crippen LogP contribution in [0.15, 0.2) is 71.8 Å². The summed E-state index contributed by atoms with van der Waals surface area (Å²) in [7, 11) is 0. The van der Waals surface area contributed by atoms with E-state index < -0.39 is 0 Å². The Labute approximate surface area is 162 Å². The fourth-order valence-electron chi connectivity index (χ4n) is 3.45. The van der Waals surface area contributed by atoms with Crippen molar-refractivity contribution in [1.82, 2.24) is 14.9 Å². The number of nitrogens with zero attached hydrogens (tertiary/aromatic N) is 2. The molecule has 0 bridgehead atoms. The van der Waals surface area contributed by atoms with E-state index in [4.69, 9.17) is 0 Å². The molecule has 1 aromatic heterocycles. The number of aromatic nitrogens is 2. The van der Waals surface area contributed by atoms with Gasteiger partial charge in [0.25, 0.3) is 5.56 Å². The quantitative estimate of drug-likeness (QED) is 0.594. The zero-order valence-electron chi connectivity index (χ0n) is 15.8. The summed E-state index contributed by atoms with van der Waals surface area (Å²) in [6, 6.07) is 19.6. The predicted octanol–water partition coefficient (Wildman–Crippen LogP) is 3.74. The first-order chi connectivity index (χ1) is 13.5. The molecule has 0 fully saturated rings. The van der Waals surface area contributed by atoms with E-state index in [0.717, 1.165) is 21.9 Å². The molecule has 0 aliphatic rings. The van der Waals surface area contributed by atoms with E-state index in [0.29, 0.717) is 10.9 Å². The highest BCUT2D eigenvalue weighted by Crippen LogP contribution is 2.20. The molecular formula is C23H21N3O2. The monoisotopic (exact) mass is 371 g/mol. The Bertz CT molecular complexity index is 1240. The van der Waals surface area contributed by atoms with Crippen molar-refractivity contribution in [2.24, 2.45) is 0 Å². The summed E-state index contributed by atoms with van der Waals surface area (Å²) in [5, 5.41) is 5.79. The van der Waals surface area contributed by atoms with E-state index in [-0.39, 0.29) is 24.1 Å². The first kappa shape index (κ1) is 17.9. The minimum atomic E-state index is -0.225. The molecule has 1 N–H and O–H groups in total. The van der Waals surface area contributed by atoms with Gasteiger partial charge in [-0.1, -0.05) is 48.5 Å². The Morgan fingerprint density at radius 1 is 1.07 bits per heavy atom. The van der Waals surface area contributed by atoms with Crippen molar-refractivity contribution < 1.29 is 4.79 Å². The minimum Gasteiger partial charge on any atom is -0.348 e. The summed E-state index contributed by atoms with van der Waals surface area (Å²) in [5.74, 6) is -0.225. The molecule has 0 spiro atoms. The largest absolute Gasteiger partial charge is 0.348 e. The maximum absolute atomic E-state index is 12.7. The summed E-state index contributed by atoms with van der Waals surface area (Å²) in [5.41, 5.74) is 2.43. The molecule has 0 saturated carbocycles. The van der Waals surface area contributed by atoms with Crippen LogP contribution in [0, 0.1) is 6.92 Å². The van der Waals surface area contributed by atoms with Gasteiger partial charge in [0, 0.05) is 0 Å². The van der Waals surface area contributed by atoms with Crippen molar-refractivity contribution in [1.29, 1.82) is 0 Å². The van der Waals surface area contributed by atoms with Crippen LogP contribution in [0.5, 0.6) is 0 Å². The minimum absolute atomic E-state index is 0.0619. The van der Waals surface area contributed by atoms with Crippen LogP contribution in [0.1, 0.15) is 24.1 Å². The summed E-state index contributed by atoms with van der Waals surface area (Å²) in [6.45, 7) is 3.79. The molecule has 4 aromatic rings. The van der Waals surface area contributed by atoms with Gasteiger partial charge in [0.05, 0.1) is 23.3 Å². The van der Waals surface area contributed by atoms with Gasteiger partial charge >= 0.3 is 0 Å². The maximum atomic E-state index is 12.7. The second-order valence-corrected chi connectivity index (χ2v) is 7.04. The molecule has 140 valence electrons. The van der Waals surface area contributed by atoms with Gasteiger partial charge in [0.1, 0.15) is 6.54 Å². The van der Waals surface area contributed by atoms with Crippen molar-refractivity contribution in [3.8, 4) is 0 Å². The van der Waals surface area contributed by atoms with Gasteiger partial charge in [0.15, 0.2) is 0 Å². The zero-order chi connectivity index (χ0) is 19.7. The van der Waals surface area contributed by atoms with Crippen LogP contribution in [0.2, 0.25) is 0 Å². The predicted molar refractivity (Wildman–Crippen MR) is 111 cm³/mol. The van der Waals surface area contributed by atoms with E-state index >= 15 is 0 Å². The van der Waals surface area contributed by atoms with Crippen LogP contribution in [-0.4, -0.2) is 15.5 Å². The van der Waals surface area contributed by atoms with Crippen molar-refractivity contribution in [3.63, 3.8) is 0 Å². The smallest absolute Gasteiger partial charge is 0.261 e. The van der Waals surface area contributed by atoms with Gasteiger partial charge in [-0.3, -0.25) is 14.2 Å². The molecule has 0 aliphatic heterocycles. The van der Waals surface area contributed by atoms with E-state index in [2.05, 4.69) is 28.5 Å². The highest BCUT2D eigenvalue weighted by molar-refractivity contribution is 5.84. The normalized spacial score (nSPS) is 12.2. The van der Waals surface area contributed by atoms with Crippen molar-refractivity contribution in [2.45, 2.75) is 26.4 Å². The number of para-hydroxylation sites is 1. The fourth-order valence-corrected chi connectivity index (χ4v) is 3.45. The van der Waals surface area contributed by atoms with Gasteiger partial charge in [-0.15, -0.1) is 0 Å². The molecule has 1 heterocycles. The van der Waals surface area contributed by atoms with Crippen LogP contribution in [-0.2, 0) is 11.3 Å². The number of nitrogens with one attached hydrogen (secondary N) is 1. The van der Waals surface area contributed by atoms with Gasteiger partial charge in [-0.05, 0) is 47.9 Å². The van der Waals surface area contributed by atoms with Gasteiger partial charge in [0.2, 0.25) is 5.91 Å². The lowest BCUT2D eigenvalue weighted by Crippen LogP contribution is -2.34. The SMILES string of the molecule is Cc1cccc2c(=O)n(CC(=O)NC(C)c3ccc4ccccc4c3)cnc12.